The number of hydrogen-bond donors (Lipinski definition) is 2. The van der Waals surface area contributed by atoms with Crippen molar-refractivity contribution in [2.45, 2.75) is 58.2 Å². The van der Waals surface area contributed by atoms with Gasteiger partial charge in [-0.2, -0.15) is 0 Å². The lowest BCUT2D eigenvalue weighted by Crippen LogP contribution is -2.42. The quantitative estimate of drug-likeness (QED) is 0.720. The summed E-state index contributed by atoms with van der Waals surface area (Å²) in [5, 5.41) is 13.1. The van der Waals surface area contributed by atoms with Gasteiger partial charge in [0.1, 0.15) is 6.10 Å². The molecule has 106 valence electrons. The first kappa shape index (κ1) is 15.9. The number of nitrogens with one attached hydrogen (secondary N) is 1. The second kappa shape index (κ2) is 8.83. The Morgan fingerprint density at radius 2 is 1.79 bits per heavy atom. The molecule has 2 unspecified atom stereocenters. The van der Waals surface area contributed by atoms with Crippen molar-refractivity contribution >= 4 is 5.78 Å². The number of aliphatic hydroxyl groups excluding tert-OH is 1. The van der Waals surface area contributed by atoms with Crippen LogP contribution in [-0.2, 0) is 11.3 Å². The summed E-state index contributed by atoms with van der Waals surface area (Å²) in [6, 6.07) is 9.76. The summed E-state index contributed by atoms with van der Waals surface area (Å²) in [7, 11) is 0. The fourth-order valence-corrected chi connectivity index (χ4v) is 2.12. The molecule has 2 atom stereocenters. The Kier molecular flexibility index (Phi) is 7.38. The van der Waals surface area contributed by atoms with Crippen LogP contribution in [-0.4, -0.2) is 23.0 Å². The lowest BCUT2D eigenvalue weighted by molar-refractivity contribution is -0.129. The van der Waals surface area contributed by atoms with Crippen LogP contribution in [0.2, 0.25) is 0 Å². The topological polar surface area (TPSA) is 49.3 Å². The van der Waals surface area contributed by atoms with Crippen molar-refractivity contribution in [3.8, 4) is 0 Å². The minimum absolute atomic E-state index is 0.0698. The molecule has 0 radical (unpaired) electrons. The fraction of sp³-hybridized carbons (Fsp3) is 0.562. The van der Waals surface area contributed by atoms with Crippen LogP contribution in [0, 0.1) is 0 Å². The van der Waals surface area contributed by atoms with Crippen LogP contribution in [0.3, 0.4) is 0 Å². The third-order valence-corrected chi connectivity index (χ3v) is 3.21. The van der Waals surface area contributed by atoms with Crippen molar-refractivity contribution in [1.29, 1.82) is 0 Å². The van der Waals surface area contributed by atoms with Gasteiger partial charge in [0.15, 0.2) is 5.78 Å². The molecule has 19 heavy (non-hydrogen) atoms. The zero-order chi connectivity index (χ0) is 14.1. The Labute approximate surface area is 116 Å². The second-order valence-electron chi connectivity index (χ2n) is 4.91. The smallest absolute Gasteiger partial charge is 0.178 e. The fourth-order valence-electron chi connectivity index (χ4n) is 2.12. The van der Waals surface area contributed by atoms with Gasteiger partial charge in [0, 0.05) is 6.54 Å². The van der Waals surface area contributed by atoms with Crippen molar-refractivity contribution in [2.75, 3.05) is 0 Å². The molecule has 3 nitrogen and oxygen atoms in total. The van der Waals surface area contributed by atoms with Crippen molar-refractivity contribution in [2.24, 2.45) is 0 Å². The third kappa shape index (κ3) is 5.53. The first-order valence-electron chi connectivity index (χ1n) is 7.18. The standard InChI is InChI=1S/C16H25NO2/c1-3-8-14(16(19)15(18)9-4-2)17-12-13-10-6-5-7-11-13/h5-7,10-11,14-15,17-18H,3-4,8-9,12H2,1-2H3. The molecule has 0 aromatic heterocycles. The Morgan fingerprint density at radius 3 is 2.37 bits per heavy atom. The maximum absolute atomic E-state index is 12.1. The minimum Gasteiger partial charge on any atom is -0.385 e. The summed E-state index contributed by atoms with van der Waals surface area (Å²) in [5.74, 6) is -0.0698. The highest BCUT2D eigenvalue weighted by atomic mass is 16.3. The number of rotatable bonds is 9. The molecular weight excluding hydrogens is 238 g/mol. The number of aliphatic hydroxyl groups is 1. The van der Waals surface area contributed by atoms with E-state index in [0.29, 0.717) is 13.0 Å². The lowest BCUT2D eigenvalue weighted by atomic mass is 9.99. The summed E-state index contributed by atoms with van der Waals surface area (Å²) < 4.78 is 0. The summed E-state index contributed by atoms with van der Waals surface area (Å²) in [4.78, 5) is 12.1. The van der Waals surface area contributed by atoms with Gasteiger partial charge < -0.3 is 10.4 Å². The summed E-state index contributed by atoms with van der Waals surface area (Å²) in [6.45, 7) is 4.69. The van der Waals surface area contributed by atoms with Crippen molar-refractivity contribution < 1.29 is 9.90 Å². The molecule has 0 aliphatic carbocycles. The number of ketones is 1. The van der Waals surface area contributed by atoms with Crippen LogP contribution >= 0.6 is 0 Å². The molecule has 0 fully saturated rings. The maximum atomic E-state index is 12.1. The summed E-state index contributed by atoms with van der Waals surface area (Å²) in [5.41, 5.74) is 1.15. The zero-order valence-corrected chi connectivity index (χ0v) is 11.9. The molecule has 3 heteroatoms. The number of carbonyl (C=O) groups is 1. The van der Waals surface area contributed by atoms with E-state index < -0.39 is 6.10 Å². The monoisotopic (exact) mass is 263 g/mol. The Balaban J connectivity index is 2.54. The van der Waals surface area contributed by atoms with Gasteiger partial charge in [-0.1, -0.05) is 57.0 Å². The molecule has 0 saturated heterocycles. The molecule has 0 amide bonds. The first-order valence-corrected chi connectivity index (χ1v) is 7.18. The van der Waals surface area contributed by atoms with E-state index in [2.05, 4.69) is 12.2 Å². The molecule has 0 spiro atoms. The molecule has 0 aliphatic heterocycles. The van der Waals surface area contributed by atoms with E-state index in [-0.39, 0.29) is 11.8 Å². The second-order valence-corrected chi connectivity index (χ2v) is 4.91. The highest BCUT2D eigenvalue weighted by molar-refractivity contribution is 5.87. The van der Waals surface area contributed by atoms with Gasteiger partial charge in [-0.15, -0.1) is 0 Å². The molecule has 0 heterocycles. The first-order chi connectivity index (χ1) is 9.19. The van der Waals surface area contributed by atoms with Gasteiger partial charge >= 0.3 is 0 Å². The molecule has 0 aliphatic rings. The molecule has 2 N–H and O–H groups in total. The van der Waals surface area contributed by atoms with E-state index in [9.17, 15) is 9.90 Å². The summed E-state index contributed by atoms with van der Waals surface area (Å²) in [6.07, 6.45) is 2.24. The molecule has 1 aromatic carbocycles. The predicted octanol–water partition coefficient (Wildman–Crippen LogP) is 2.68. The van der Waals surface area contributed by atoms with Crippen LogP contribution in [0.1, 0.15) is 45.1 Å². The van der Waals surface area contributed by atoms with Gasteiger partial charge in [-0.25, -0.2) is 0 Å². The van der Waals surface area contributed by atoms with Gasteiger partial charge in [0.05, 0.1) is 6.04 Å². The number of carbonyl (C=O) groups excluding carboxylic acids is 1. The minimum atomic E-state index is -0.829. The van der Waals surface area contributed by atoms with Crippen LogP contribution in [0.25, 0.3) is 0 Å². The SMILES string of the molecule is CCCC(O)C(=O)C(CCC)NCc1ccccc1. The van der Waals surface area contributed by atoms with E-state index in [1.165, 1.54) is 0 Å². The van der Waals surface area contributed by atoms with Gasteiger partial charge in [-0.05, 0) is 18.4 Å². The van der Waals surface area contributed by atoms with Crippen molar-refractivity contribution in [1.82, 2.24) is 5.32 Å². The molecular formula is C16H25NO2. The van der Waals surface area contributed by atoms with Crippen LogP contribution in [0.4, 0.5) is 0 Å². The third-order valence-electron chi connectivity index (χ3n) is 3.21. The summed E-state index contributed by atoms with van der Waals surface area (Å²) >= 11 is 0. The molecule has 1 rings (SSSR count). The van der Waals surface area contributed by atoms with Gasteiger partial charge in [0.25, 0.3) is 0 Å². The van der Waals surface area contributed by atoms with E-state index in [0.717, 1.165) is 24.8 Å². The van der Waals surface area contributed by atoms with Crippen LogP contribution in [0.5, 0.6) is 0 Å². The number of Topliss-reactive ketones (excluding diaryl/α,β-unsaturated/α-hetero) is 1. The zero-order valence-electron chi connectivity index (χ0n) is 11.9. The molecule has 1 aromatic rings. The number of hydrogen-bond acceptors (Lipinski definition) is 3. The molecule has 0 saturated carbocycles. The average Bonchev–Trinajstić information content (AvgIpc) is 2.44. The van der Waals surface area contributed by atoms with E-state index >= 15 is 0 Å². The van der Waals surface area contributed by atoms with E-state index in [1.54, 1.807) is 0 Å². The largest absolute Gasteiger partial charge is 0.385 e. The van der Waals surface area contributed by atoms with Gasteiger partial charge in [-0.3, -0.25) is 4.79 Å². The Bertz CT molecular complexity index is 364. The average molecular weight is 263 g/mol. The van der Waals surface area contributed by atoms with Crippen molar-refractivity contribution in [3.63, 3.8) is 0 Å². The highest BCUT2D eigenvalue weighted by Crippen LogP contribution is 2.08. The van der Waals surface area contributed by atoms with Crippen LogP contribution < -0.4 is 5.32 Å². The molecule has 0 bridgehead atoms. The Morgan fingerprint density at radius 1 is 1.16 bits per heavy atom. The highest BCUT2D eigenvalue weighted by Gasteiger charge is 2.23. The van der Waals surface area contributed by atoms with Gasteiger partial charge in [0.2, 0.25) is 0 Å². The normalized spacial score (nSPS) is 14.1. The van der Waals surface area contributed by atoms with Crippen molar-refractivity contribution in [3.05, 3.63) is 35.9 Å². The van der Waals surface area contributed by atoms with E-state index in [1.807, 2.05) is 37.3 Å². The lowest BCUT2D eigenvalue weighted by Gasteiger charge is -2.20. The maximum Gasteiger partial charge on any atom is 0.178 e. The number of benzene rings is 1. The van der Waals surface area contributed by atoms with Crippen LogP contribution in [0.15, 0.2) is 30.3 Å². The Hall–Kier alpha value is -1.19. The van der Waals surface area contributed by atoms with E-state index in [4.69, 9.17) is 0 Å². The predicted molar refractivity (Wildman–Crippen MR) is 77.9 cm³/mol.